The minimum Gasteiger partial charge on any atom is -0.488 e. The van der Waals surface area contributed by atoms with Gasteiger partial charge in [-0.15, -0.1) is 10.2 Å². The van der Waals surface area contributed by atoms with E-state index in [0.717, 1.165) is 22.9 Å². The lowest BCUT2D eigenvalue weighted by molar-refractivity contribution is 0.181. The van der Waals surface area contributed by atoms with E-state index in [1.165, 1.54) is 21.9 Å². The third-order valence-corrected chi connectivity index (χ3v) is 9.39. The van der Waals surface area contributed by atoms with Gasteiger partial charge < -0.3 is 13.8 Å². The van der Waals surface area contributed by atoms with Gasteiger partial charge >= 0.3 is 16.5 Å². The lowest BCUT2D eigenvalue weighted by atomic mass is 10.1. The second-order valence-electron chi connectivity index (χ2n) is 11.0. The van der Waals surface area contributed by atoms with Gasteiger partial charge in [0.1, 0.15) is 29.9 Å². The Balaban J connectivity index is 1.06. The zero-order valence-electron chi connectivity index (χ0n) is 27.2. The van der Waals surface area contributed by atoms with Crippen LogP contribution in [0.5, 0.6) is 11.5 Å². The molecule has 0 spiro atoms. The maximum absolute atomic E-state index is 12.9. The zero-order chi connectivity index (χ0) is 36.1. The van der Waals surface area contributed by atoms with Gasteiger partial charge in [0.2, 0.25) is 0 Å². The van der Waals surface area contributed by atoms with Gasteiger partial charge in [-0.05, 0) is 92.7 Å². The average molecular weight is 742 g/mol. The van der Waals surface area contributed by atoms with Crippen molar-refractivity contribution in [3.8, 4) is 23.3 Å². The van der Waals surface area contributed by atoms with Crippen LogP contribution in [0.1, 0.15) is 23.7 Å². The Hall–Kier alpha value is -5.82. The average Bonchev–Trinajstić information content (AvgIpc) is 3.44. The highest BCUT2D eigenvalue weighted by Crippen LogP contribution is 2.36. The van der Waals surface area contributed by atoms with Crippen molar-refractivity contribution in [3.05, 3.63) is 134 Å². The molecular formula is C35H28ClN7O6S2. The van der Waals surface area contributed by atoms with Crippen molar-refractivity contribution in [2.75, 3.05) is 16.4 Å². The number of nitrogens with zero attached hydrogens (tertiary/aromatic N) is 5. The Bertz CT molecular complexity index is 2300. The maximum atomic E-state index is 12.9. The molecule has 1 aromatic heterocycles. The first kappa shape index (κ1) is 35.0. The Morgan fingerprint density at radius 1 is 0.980 bits per heavy atom. The first-order valence-electron chi connectivity index (χ1n) is 15.2. The molecule has 0 saturated heterocycles. The Morgan fingerprint density at radius 2 is 1.73 bits per heavy atom. The smallest absolute Gasteiger partial charge is 0.323 e. The number of hydroxylamine groups is 1. The van der Waals surface area contributed by atoms with E-state index in [9.17, 15) is 19.1 Å². The first-order chi connectivity index (χ1) is 24.6. The molecule has 1 atom stereocenters. The molecule has 258 valence electrons. The van der Waals surface area contributed by atoms with E-state index in [1.807, 2.05) is 44.2 Å². The topological polar surface area (TPSA) is 163 Å². The molecule has 5 aromatic rings. The minimum absolute atomic E-state index is 0.0355. The van der Waals surface area contributed by atoms with E-state index in [1.54, 1.807) is 61.5 Å². The van der Waals surface area contributed by atoms with Crippen LogP contribution in [0.25, 0.3) is 5.69 Å². The molecule has 0 aliphatic carbocycles. The van der Waals surface area contributed by atoms with Gasteiger partial charge in [0.25, 0.3) is 5.56 Å². The fourth-order valence-electron chi connectivity index (χ4n) is 4.81. The van der Waals surface area contributed by atoms with Crippen LogP contribution >= 0.6 is 23.4 Å². The number of hydrogen-bond acceptors (Lipinski definition) is 10. The number of rotatable bonds is 11. The number of benzene rings is 4. The molecule has 0 radical (unpaired) electrons. The van der Waals surface area contributed by atoms with Gasteiger partial charge in [-0.2, -0.15) is 14.6 Å². The van der Waals surface area contributed by atoms with Gasteiger partial charge in [-0.3, -0.25) is 19.4 Å². The predicted octanol–water partition coefficient (Wildman–Crippen LogP) is 8.71. The van der Waals surface area contributed by atoms with E-state index in [0.29, 0.717) is 33.5 Å². The summed E-state index contributed by atoms with van der Waals surface area (Å²) in [6.45, 7) is 5.71. The summed E-state index contributed by atoms with van der Waals surface area (Å²) < 4.78 is 28.2. The van der Waals surface area contributed by atoms with Crippen molar-refractivity contribution >= 4 is 62.6 Å². The molecule has 1 amide bonds. The highest BCUT2D eigenvalue weighted by molar-refractivity contribution is 8.17. The number of carbonyl (C=O) groups excluding carboxylic acids is 1. The van der Waals surface area contributed by atoms with Gasteiger partial charge in [0.05, 0.1) is 32.7 Å². The number of thioether (sulfide) groups is 1. The summed E-state index contributed by atoms with van der Waals surface area (Å²) in [6, 6.07) is 27.3. The predicted molar refractivity (Wildman–Crippen MR) is 196 cm³/mol. The highest BCUT2D eigenvalue weighted by Gasteiger charge is 2.29. The van der Waals surface area contributed by atoms with Crippen molar-refractivity contribution in [2.45, 2.75) is 20.8 Å². The number of ether oxygens (including phenoxy) is 1. The number of aromatic nitrogens is 2. The van der Waals surface area contributed by atoms with E-state index in [4.69, 9.17) is 25.4 Å². The van der Waals surface area contributed by atoms with Crippen molar-refractivity contribution < 1.29 is 22.8 Å². The van der Waals surface area contributed by atoms with Crippen molar-refractivity contribution in [2.24, 2.45) is 10.2 Å². The number of allylic oxidation sites excluding steroid dienone is 1. The molecule has 6 rings (SSSR count). The molecule has 2 N–H and O–H groups in total. The number of anilines is 2. The van der Waals surface area contributed by atoms with Gasteiger partial charge in [0, 0.05) is 6.07 Å². The van der Waals surface area contributed by atoms with Crippen LogP contribution in [-0.2, 0) is 16.1 Å². The standard InChI is InChI=1S/C35H28ClN7O6S2/c1-21-9-16-31(22(2)17-21)43-35(45)50-32(23(3)48-43)20-47-27-14-15-28(36)29(18-27)41-51(46)49-26-12-10-24(11-13-26)38-39-33-30(19-37)40-42(34(33)44)25-7-5-4-6-8-25/h4-18,40-41H,20H2,1-3H3. The number of azo groups is 1. The Kier molecular flexibility index (Phi) is 10.6. The third kappa shape index (κ3) is 8.15. The van der Waals surface area contributed by atoms with Gasteiger partial charge in [0.15, 0.2) is 11.4 Å². The lowest BCUT2D eigenvalue weighted by Gasteiger charge is -2.29. The fourth-order valence-corrected chi connectivity index (χ4v) is 6.43. The molecule has 4 aromatic carbocycles. The van der Waals surface area contributed by atoms with Crippen LogP contribution < -0.4 is 24.3 Å². The molecule has 0 saturated carbocycles. The SMILES string of the molecule is CC1=C(COc2ccc(Cl)c(NS(=O)Oc3ccc(N=Nc4c(C#N)[nH]n(-c5ccccc5)c4=O)cc3)c2)SC(=O)N(c2ccc(C)cc2C)O1. The number of hydrogen-bond donors (Lipinski definition) is 2. The van der Waals surface area contributed by atoms with Crippen LogP contribution in [0.15, 0.2) is 117 Å². The Morgan fingerprint density at radius 3 is 2.45 bits per heavy atom. The van der Waals surface area contributed by atoms with E-state index < -0.39 is 16.8 Å². The summed E-state index contributed by atoms with van der Waals surface area (Å²) in [5.74, 6) is 1.17. The highest BCUT2D eigenvalue weighted by atomic mass is 35.5. The maximum Gasteiger partial charge on any atom is 0.323 e. The van der Waals surface area contributed by atoms with Gasteiger partial charge in [-0.1, -0.05) is 47.5 Å². The van der Waals surface area contributed by atoms with Crippen LogP contribution in [-0.4, -0.2) is 25.8 Å². The number of aromatic amines is 1. The summed E-state index contributed by atoms with van der Waals surface area (Å²) >= 11 is 5.30. The van der Waals surface area contributed by atoms with Gasteiger partial charge in [-0.25, -0.2) is 4.68 Å². The fraction of sp³-hybridized carbons (Fsp3) is 0.114. The first-order valence-corrected chi connectivity index (χ1v) is 17.4. The number of para-hydroxylation sites is 1. The van der Waals surface area contributed by atoms with Crippen molar-refractivity contribution in [3.63, 3.8) is 0 Å². The molecule has 1 aliphatic rings. The zero-order valence-corrected chi connectivity index (χ0v) is 29.6. The minimum atomic E-state index is -2.06. The van der Waals surface area contributed by atoms with Crippen LogP contribution in [0.4, 0.5) is 27.5 Å². The van der Waals surface area contributed by atoms with Crippen LogP contribution in [0.3, 0.4) is 0 Å². The number of H-pyrrole nitrogens is 1. The van der Waals surface area contributed by atoms with E-state index >= 15 is 0 Å². The molecule has 0 bridgehead atoms. The van der Waals surface area contributed by atoms with E-state index in [-0.39, 0.29) is 39.7 Å². The van der Waals surface area contributed by atoms with Crippen molar-refractivity contribution in [1.82, 2.24) is 9.78 Å². The molecule has 1 aliphatic heterocycles. The summed E-state index contributed by atoms with van der Waals surface area (Å²) in [6.07, 6.45) is 0. The largest absolute Gasteiger partial charge is 0.488 e. The molecule has 51 heavy (non-hydrogen) atoms. The summed E-state index contributed by atoms with van der Waals surface area (Å²) in [4.78, 5) is 32.3. The quantitative estimate of drug-likeness (QED) is 0.127. The summed E-state index contributed by atoms with van der Waals surface area (Å²) in [5.41, 5.74) is 3.16. The number of nitriles is 1. The molecular weight excluding hydrogens is 714 g/mol. The molecule has 2 heterocycles. The van der Waals surface area contributed by atoms with E-state index in [2.05, 4.69) is 20.0 Å². The number of nitrogens with one attached hydrogen (secondary N) is 2. The third-order valence-electron chi connectivity index (χ3n) is 7.34. The summed E-state index contributed by atoms with van der Waals surface area (Å²) in [5, 5.41) is 21.5. The number of halogens is 1. The second kappa shape index (κ2) is 15.4. The Labute approximate surface area is 303 Å². The number of aryl methyl sites for hydroxylation is 2. The molecule has 0 fully saturated rings. The molecule has 13 nitrogen and oxygen atoms in total. The second-order valence-corrected chi connectivity index (χ2v) is 13.3. The van der Waals surface area contributed by atoms with Crippen molar-refractivity contribution in [1.29, 1.82) is 5.26 Å². The van der Waals surface area contributed by atoms with Crippen LogP contribution in [0, 0.1) is 25.2 Å². The lowest BCUT2D eigenvalue weighted by Crippen LogP contribution is -2.32. The summed E-state index contributed by atoms with van der Waals surface area (Å²) in [7, 11) is 0. The molecule has 1 unspecified atom stereocenters. The monoisotopic (exact) mass is 741 g/mol. The number of carbonyl (C=O) groups is 1. The molecule has 16 heteroatoms. The normalized spacial score (nSPS) is 13.5. The van der Waals surface area contributed by atoms with Crippen LogP contribution in [0.2, 0.25) is 5.02 Å². The number of amides is 1.